The van der Waals surface area contributed by atoms with Gasteiger partial charge < -0.3 is 14.8 Å². The molecule has 6 nitrogen and oxygen atoms in total. The first-order valence-corrected chi connectivity index (χ1v) is 9.16. The van der Waals surface area contributed by atoms with Crippen LogP contribution < -0.4 is 5.32 Å². The van der Waals surface area contributed by atoms with E-state index in [1.54, 1.807) is 4.90 Å². The highest BCUT2D eigenvalue weighted by molar-refractivity contribution is 5.97. The highest BCUT2D eigenvalue weighted by atomic mass is 16.2. The molecule has 0 radical (unpaired) electrons. The molecule has 0 unspecified atom stereocenters. The van der Waals surface area contributed by atoms with E-state index in [2.05, 4.69) is 24.1 Å². The van der Waals surface area contributed by atoms with Crippen LogP contribution in [0.2, 0.25) is 0 Å². The minimum atomic E-state index is -0.169. The van der Waals surface area contributed by atoms with Crippen molar-refractivity contribution in [2.75, 3.05) is 19.6 Å². The molecule has 2 rings (SSSR count). The average Bonchev–Trinajstić information content (AvgIpc) is 2.95. The Balaban J connectivity index is 2.26. The van der Waals surface area contributed by atoms with Gasteiger partial charge in [-0.05, 0) is 45.4 Å². The van der Waals surface area contributed by atoms with Crippen LogP contribution in [0, 0.1) is 5.92 Å². The first-order valence-electron chi connectivity index (χ1n) is 9.16. The van der Waals surface area contributed by atoms with E-state index < -0.39 is 0 Å². The third-order valence-electron chi connectivity index (χ3n) is 4.58. The molecule has 0 fully saturated rings. The van der Waals surface area contributed by atoms with Crippen molar-refractivity contribution in [3.63, 3.8) is 0 Å². The highest BCUT2D eigenvalue weighted by Gasteiger charge is 2.28. The molecule has 1 aliphatic heterocycles. The number of hydrogen-bond donors (Lipinski definition) is 1. The maximum absolute atomic E-state index is 12.7. The van der Waals surface area contributed by atoms with Crippen molar-refractivity contribution in [3.8, 4) is 0 Å². The van der Waals surface area contributed by atoms with Crippen molar-refractivity contribution in [1.82, 2.24) is 19.8 Å². The summed E-state index contributed by atoms with van der Waals surface area (Å²) in [6, 6.07) is 0. The number of nitrogens with one attached hydrogen (secondary N) is 1. The Hall–Kier alpha value is -1.85. The molecule has 1 N–H and O–H groups in total. The molecule has 1 aromatic heterocycles. The Kier molecular flexibility index (Phi) is 6.40. The lowest BCUT2D eigenvalue weighted by Crippen LogP contribution is -2.31. The molecule has 24 heavy (non-hydrogen) atoms. The van der Waals surface area contributed by atoms with Gasteiger partial charge in [-0.25, -0.2) is 4.98 Å². The second kappa shape index (κ2) is 8.31. The van der Waals surface area contributed by atoms with Crippen LogP contribution in [0.1, 0.15) is 73.8 Å². The zero-order valence-corrected chi connectivity index (χ0v) is 15.4. The van der Waals surface area contributed by atoms with E-state index in [9.17, 15) is 9.59 Å². The summed E-state index contributed by atoms with van der Waals surface area (Å²) in [6.45, 7) is 10.9. The fourth-order valence-electron chi connectivity index (χ4n) is 3.10. The standard InChI is InChI=1S/C18H30N4O2/c1-5-21(6-2)18(24)15-14-9-7-8-12-22(14)16(20-15)17(23)19-11-10-13(3)4/h13H,5-12H2,1-4H3,(H,19,23). The van der Waals surface area contributed by atoms with Crippen LogP contribution in [-0.4, -0.2) is 45.9 Å². The summed E-state index contributed by atoms with van der Waals surface area (Å²) in [5.41, 5.74) is 1.39. The molecule has 134 valence electrons. The minimum absolute atomic E-state index is 0.0631. The van der Waals surface area contributed by atoms with E-state index in [0.29, 0.717) is 37.1 Å². The zero-order valence-electron chi connectivity index (χ0n) is 15.4. The summed E-state index contributed by atoms with van der Waals surface area (Å²) in [6.07, 6.45) is 3.81. The van der Waals surface area contributed by atoms with Gasteiger partial charge in [0.25, 0.3) is 11.8 Å². The normalized spacial score (nSPS) is 13.7. The van der Waals surface area contributed by atoms with Crippen LogP contribution in [-0.2, 0) is 13.0 Å². The number of nitrogens with zero attached hydrogens (tertiary/aromatic N) is 3. The molecule has 0 aromatic carbocycles. The number of hydrogen-bond acceptors (Lipinski definition) is 3. The van der Waals surface area contributed by atoms with Gasteiger partial charge in [0, 0.05) is 26.2 Å². The summed E-state index contributed by atoms with van der Waals surface area (Å²) in [4.78, 5) is 31.5. The van der Waals surface area contributed by atoms with Crippen LogP contribution in [0.25, 0.3) is 0 Å². The number of carbonyl (C=O) groups excluding carboxylic acids is 2. The Morgan fingerprint density at radius 1 is 1.25 bits per heavy atom. The van der Waals surface area contributed by atoms with Crippen LogP contribution >= 0.6 is 0 Å². The molecule has 6 heteroatoms. The van der Waals surface area contributed by atoms with Crippen LogP contribution in [0.15, 0.2) is 0 Å². The van der Waals surface area contributed by atoms with Crippen LogP contribution in [0.3, 0.4) is 0 Å². The summed E-state index contributed by atoms with van der Waals surface area (Å²) >= 11 is 0. The first-order chi connectivity index (χ1) is 11.5. The first kappa shape index (κ1) is 18.5. The molecule has 0 saturated heterocycles. The van der Waals surface area contributed by atoms with E-state index in [-0.39, 0.29) is 11.8 Å². The smallest absolute Gasteiger partial charge is 0.287 e. The Morgan fingerprint density at radius 2 is 1.96 bits per heavy atom. The molecule has 0 spiro atoms. The number of imidazole rings is 1. The van der Waals surface area contributed by atoms with Crippen molar-refractivity contribution in [2.24, 2.45) is 5.92 Å². The fourth-order valence-corrected chi connectivity index (χ4v) is 3.10. The minimum Gasteiger partial charge on any atom is -0.349 e. The molecule has 1 aromatic rings. The molecule has 2 amide bonds. The van der Waals surface area contributed by atoms with Gasteiger partial charge in [0.05, 0.1) is 5.69 Å². The van der Waals surface area contributed by atoms with Gasteiger partial charge in [0.15, 0.2) is 5.82 Å². The molecular weight excluding hydrogens is 304 g/mol. The van der Waals surface area contributed by atoms with E-state index in [1.165, 1.54) is 0 Å². The summed E-state index contributed by atoms with van der Waals surface area (Å²) in [7, 11) is 0. The Bertz CT molecular complexity index is 588. The molecular formula is C18H30N4O2. The predicted molar refractivity (Wildman–Crippen MR) is 94.2 cm³/mol. The fraction of sp³-hybridized carbons (Fsp3) is 0.722. The monoisotopic (exact) mass is 334 g/mol. The number of rotatable bonds is 7. The van der Waals surface area contributed by atoms with Gasteiger partial charge in [-0.2, -0.15) is 0 Å². The number of fused-ring (bicyclic) bond motifs is 1. The van der Waals surface area contributed by atoms with Gasteiger partial charge in [0.1, 0.15) is 5.69 Å². The summed E-state index contributed by atoms with van der Waals surface area (Å²) < 4.78 is 1.95. The molecule has 0 atom stereocenters. The van der Waals surface area contributed by atoms with E-state index in [0.717, 1.165) is 37.9 Å². The Labute approximate surface area is 144 Å². The van der Waals surface area contributed by atoms with Crippen LogP contribution in [0.4, 0.5) is 0 Å². The SMILES string of the molecule is CCN(CC)C(=O)c1nc(C(=O)NCCC(C)C)n2c1CCCC2. The maximum atomic E-state index is 12.7. The van der Waals surface area contributed by atoms with Gasteiger partial charge >= 0.3 is 0 Å². The van der Waals surface area contributed by atoms with Crippen molar-refractivity contribution in [3.05, 3.63) is 17.2 Å². The van der Waals surface area contributed by atoms with E-state index >= 15 is 0 Å². The molecule has 0 saturated carbocycles. The van der Waals surface area contributed by atoms with Crippen molar-refractivity contribution >= 4 is 11.8 Å². The van der Waals surface area contributed by atoms with Crippen molar-refractivity contribution in [1.29, 1.82) is 0 Å². The van der Waals surface area contributed by atoms with Crippen molar-refractivity contribution < 1.29 is 9.59 Å². The molecule has 2 heterocycles. The topological polar surface area (TPSA) is 67.2 Å². The predicted octanol–water partition coefficient (Wildman–Crippen LogP) is 2.48. The van der Waals surface area contributed by atoms with E-state index in [1.807, 2.05) is 18.4 Å². The number of aromatic nitrogens is 2. The molecule has 0 aliphatic carbocycles. The summed E-state index contributed by atoms with van der Waals surface area (Å²) in [5.74, 6) is 0.701. The number of carbonyl (C=O) groups is 2. The third-order valence-corrected chi connectivity index (χ3v) is 4.58. The van der Waals surface area contributed by atoms with Gasteiger partial charge in [-0.1, -0.05) is 13.8 Å². The average molecular weight is 334 g/mol. The van der Waals surface area contributed by atoms with Gasteiger partial charge in [-0.15, -0.1) is 0 Å². The maximum Gasteiger partial charge on any atom is 0.287 e. The Morgan fingerprint density at radius 3 is 2.58 bits per heavy atom. The largest absolute Gasteiger partial charge is 0.349 e. The lowest BCUT2D eigenvalue weighted by molar-refractivity contribution is 0.0766. The number of amides is 2. The zero-order chi connectivity index (χ0) is 17.7. The van der Waals surface area contributed by atoms with Crippen molar-refractivity contribution in [2.45, 2.75) is 59.9 Å². The lowest BCUT2D eigenvalue weighted by atomic mass is 10.1. The second-order valence-electron chi connectivity index (χ2n) is 6.76. The third kappa shape index (κ3) is 3.97. The highest BCUT2D eigenvalue weighted by Crippen LogP contribution is 2.22. The lowest BCUT2D eigenvalue weighted by Gasteiger charge is -2.20. The molecule has 1 aliphatic rings. The molecule has 0 bridgehead atoms. The van der Waals surface area contributed by atoms with E-state index in [4.69, 9.17) is 0 Å². The quantitative estimate of drug-likeness (QED) is 0.833. The van der Waals surface area contributed by atoms with Crippen LogP contribution in [0.5, 0.6) is 0 Å². The van der Waals surface area contributed by atoms with Gasteiger partial charge in [-0.3, -0.25) is 9.59 Å². The summed E-state index contributed by atoms with van der Waals surface area (Å²) in [5, 5.41) is 2.94. The second-order valence-corrected chi connectivity index (χ2v) is 6.76. The van der Waals surface area contributed by atoms with Gasteiger partial charge in [0.2, 0.25) is 0 Å².